The average Bonchev–Trinajstić information content (AvgIpc) is 4.02. The van der Waals surface area contributed by atoms with Gasteiger partial charge in [0.15, 0.2) is 0 Å². The number of alkyl halides is 1. The Kier molecular flexibility index (Phi) is 10.9. The maximum absolute atomic E-state index is 7.16. The Morgan fingerprint density at radius 3 is 1.45 bits per heavy atom. The fourth-order valence-corrected chi connectivity index (χ4v) is 14.3. The highest BCUT2D eigenvalue weighted by Gasteiger charge is 2.40. The quantitative estimate of drug-likeness (QED) is 0.0817. The van der Waals surface area contributed by atoms with Crippen molar-refractivity contribution in [3.05, 3.63) is 203 Å². The lowest BCUT2D eigenvalue weighted by Crippen LogP contribution is -2.23. The van der Waals surface area contributed by atoms with E-state index in [-0.39, 0.29) is 24.0 Å². The van der Waals surface area contributed by atoms with Crippen molar-refractivity contribution in [3.8, 4) is 11.5 Å². The molecule has 4 unspecified atom stereocenters. The molecule has 0 aromatic heterocycles. The topological polar surface area (TPSA) is 24.9 Å². The zero-order valence-corrected chi connectivity index (χ0v) is 42.7. The van der Waals surface area contributed by atoms with E-state index in [0.717, 1.165) is 50.1 Å². The summed E-state index contributed by atoms with van der Waals surface area (Å²) in [6, 6.07) is 51.5. The molecule has 0 spiro atoms. The third-order valence-electron chi connectivity index (χ3n) is 17.2. The largest absolute Gasteiger partial charge is 0.483 e. The van der Waals surface area contributed by atoms with E-state index >= 15 is 0 Å². The molecule has 8 aromatic carbocycles. The second kappa shape index (κ2) is 17.8. The fraction of sp³-hybridized carbons (Fsp3) is 0.273. The Labute approximate surface area is 431 Å². The van der Waals surface area contributed by atoms with Crippen LogP contribution in [0.15, 0.2) is 181 Å². The van der Waals surface area contributed by atoms with Crippen LogP contribution in [0, 0.1) is 0 Å². The Morgan fingerprint density at radius 2 is 0.944 bits per heavy atom. The van der Waals surface area contributed by atoms with Crippen LogP contribution in [0.5, 0.6) is 11.5 Å². The Hall–Kier alpha value is -6.31. The molecular weight excluding hydrogens is 980 g/mol. The third-order valence-corrected chi connectivity index (χ3v) is 18.1. The molecule has 8 aromatic rings. The van der Waals surface area contributed by atoms with Crippen LogP contribution in [0.3, 0.4) is 0 Å². The molecule has 6 aliphatic rings. The summed E-state index contributed by atoms with van der Waals surface area (Å²) >= 11 is 2.50. The fourth-order valence-electron chi connectivity index (χ4n) is 13.6. The van der Waals surface area contributed by atoms with Gasteiger partial charge in [-0.05, 0) is 137 Å². The first-order chi connectivity index (χ1) is 35.1. The van der Waals surface area contributed by atoms with E-state index in [1.165, 1.54) is 130 Å². The summed E-state index contributed by atoms with van der Waals surface area (Å²) in [5.74, 6) is 3.61. The number of hydrogen-bond donors (Lipinski definition) is 0. The van der Waals surface area contributed by atoms with Crippen molar-refractivity contribution >= 4 is 89.0 Å². The van der Waals surface area contributed by atoms with Crippen molar-refractivity contribution in [2.45, 2.75) is 107 Å². The van der Waals surface area contributed by atoms with Gasteiger partial charge in [0.25, 0.3) is 0 Å². The summed E-state index contributed by atoms with van der Waals surface area (Å²) in [7, 11) is 0. The van der Waals surface area contributed by atoms with Crippen molar-refractivity contribution in [1.29, 1.82) is 0 Å². The minimum Gasteiger partial charge on any atom is -0.483 e. The van der Waals surface area contributed by atoms with E-state index in [4.69, 9.17) is 9.47 Å². The lowest BCUT2D eigenvalue weighted by atomic mass is 9.84. The minimum atomic E-state index is -0.000534. The Morgan fingerprint density at radius 1 is 0.479 bits per heavy atom. The third kappa shape index (κ3) is 7.18. The molecule has 0 bridgehead atoms. The molecule has 2 saturated carbocycles. The van der Waals surface area contributed by atoms with Crippen LogP contribution >= 0.6 is 22.6 Å². The maximum Gasteiger partial charge on any atom is 0.148 e. The van der Waals surface area contributed by atoms with Crippen molar-refractivity contribution in [3.63, 3.8) is 0 Å². The van der Waals surface area contributed by atoms with Gasteiger partial charge in [0.1, 0.15) is 23.7 Å². The summed E-state index contributed by atoms with van der Waals surface area (Å²) in [4.78, 5) is 4.99. The van der Waals surface area contributed by atoms with E-state index in [1.54, 1.807) is 0 Å². The molecule has 4 atom stereocenters. The van der Waals surface area contributed by atoms with Gasteiger partial charge in [-0.3, -0.25) is 0 Å². The second-order valence-electron chi connectivity index (χ2n) is 21.2. The number of anilines is 6. The van der Waals surface area contributed by atoms with Crippen LogP contribution in [0.2, 0.25) is 0 Å². The maximum atomic E-state index is 7.16. The van der Waals surface area contributed by atoms with Crippen LogP contribution in [0.1, 0.15) is 117 Å². The average molecular weight is 1040 g/mol. The number of benzene rings is 8. The Balaban J connectivity index is 0.956. The Bertz CT molecular complexity index is 3480. The van der Waals surface area contributed by atoms with Crippen LogP contribution in [-0.4, -0.2) is 16.6 Å². The number of ether oxygens (including phenoxy) is 2. The standard InChI is InChI=1S/C66H59IN2O2/c1-41-12-8-18-51-53-20-10-22-59(65(53)70-63(41)51)68(49-32-24-44(25-33-49)42-13-4-2-5-14-42)57-38-30-46-29-37-56-58(39-31-47-28-36-55(57)61(46)62(47)56)69(50-34-26-45(27-35-50)43-15-6-3-7-16-43)60-23-11-21-54-52-19-9-17-48(40-67)64(52)71-66(54)60/h8-12,17-39,42-43,51-52,63-64H,2-7,13-16,40H2,1H3. The van der Waals surface area contributed by atoms with E-state index in [1.807, 2.05) is 0 Å². The lowest BCUT2D eigenvalue weighted by molar-refractivity contribution is 0.256. The zero-order chi connectivity index (χ0) is 47.2. The molecule has 2 fully saturated rings. The van der Waals surface area contributed by atoms with Gasteiger partial charge in [-0.25, -0.2) is 0 Å². The molecule has 4 nitrogen and oxygen atoms in total. The van der Waals surface area contributed by atoms with Crippen molar-refractivity contribution in [2.24, 2.45) is 0 Å². The normalized spacial score (nSPS) is 21.6. The predicted molar refractivity (Wildman–Crippen MR) is 304 cm³/mol. The summed E-state index contributed by atoms with van der Waals surface area (Å²) in [5, 5.41) is 7.48. The first kappa shape index (κ1) is 43.5. The molecule has 0 amide bonds. The zero-order valence-electron chi connectivity index (χ0n) is 40.5. The monoisotopic (exact) mass is 1040 g/mol. The second-order valence-corrected chi connectivity index (χ2v) is 22.0. The molecule has 352 valence electrons. The lowest BCUT2D eigenvalue weighted by Gasteiger charge is -2.31. The highest BCUT2D eigenvalue weighted by Crippen LogP contribution is 2.56. The molecule has 14 rings (SSSR count). The van der Waals surface area contributed by atoms with Gasteiger partial charge in [-0.2, -0.15) is 0 Å². The molecule has 0 saturated heterocycles. The van der Waals surface area contributed by atoms with Crippen molar-refractivity contribution in [2.75, 3.05) is 14.2 Å². The van der Waals surface area contributed by atoms with Crippen LogP contribution in [-0.2, 0) is 0 Å². The van der Waals surface area contributed by atoms with Crippen LogP contribution < -0.4 is 19.3 Å². The van der Waals surface area contributed by atoms with Gasteiger partial charge in [-0.1, -0.05) is 183 Å². The van der Waals surface area contributed by atoms with Crippen LogP contribution in [0.25, 0.3) is 32.3 Å². The van der Waals surface area contributed by atoms with E-state index in [2.05, 4.69) is 209 Å². The van der Waals surface area contributed by atoms with Gasteiger partial charge in [-0.15, -0.1) is 0 Å². The smallest absolute Gasteiger partial charge is 0.148 e. The van der Waals surface area contributed by atoms with Gasteiger partial charge in [0, 0.05) is 49.5 Å². The van der Waals surface area contributed by atoms with E-state index in [9.17, 15) is 0 Å². The minimum absolute atomic E-state index is 0.000534. The van der Waals surface area contributed by atoms with Crippen molar-refractivity contribution < 1.29 is 9.47 Å². The number of hydrogen-bond acceptors (Lipinski definition) is 4. The SMILES string of the molecule is CC1=CC=CC2c3cccc(N(c4ccc(C5CCCCC5)cc4)c4ccc5ccc6c(N(c7ccc(C8CCCCC8)cc7)c7cccc8c7OC7C(CI)=CC=CC87)ccc7ccc4c5c76)c3OC12. The molecule has 2 aliphatic heterocycles. The van der Waals surface area contributed by atoms with Gasteiger partial charge >= 0.3 is 0 Å². The number of rotatable bonds is 9. The summed E-state index contributed by atoms with van der Waals surface area (Å²) in [5.41, 5.74) is 14.8. The summed E-state index contributed by atoms with van der Waals surface area (Å²) in [6.45, 7) is 2.21. The van der Waals surface area contributed by atoms with E-state index < -0.39 is 0 Å². The first-order valence-corrected chi connectivity index (χ1v) is 28.0. The van der Waals surface area contributed by atoms with E-state index in [0.29, 0.717) is 11.8 Å². The molecule has 0 N–H and O–H groups in total. The molecular formula is C66H59IN2O2. The number of halogens is 1. The van der Waals surface area contributed by atoms with Crippen molar-refractivity contribution in [1.82, 2.24) is 0 Å². The molecule has 0 radical (unpaired) electrons. The molecule has 71 heavy (non-hydrogen) atoms. The molecule has 2 heterocycles. The number of allylic oxidation sites excluding steroid dienone is 4. The van der Waals surface area contributed by atoms with Gasteiger partial charge in [0.2, 0.25) is 0 Å². The van der Waals surface area contributed by atoms with Gasteiger partial charge < -0.3 is 19.3 Å². The number of nitrogens with zero attached hydrogens (tertiary/aromatic N) is 2. The number of fused-ring (bicyclic) bond motifs is 6. The summed E-state index contributed by atoms with van der Waals surface area (Å²) < 4.78 is 15.2. The predicted octanol–water partition coefficient (Wildman–Crippen LogP) is 18.8. The summed E-state index contributed by atoms with van der Waals surface area (Å²) in [6.07, 6.45) is 26.7. The van der Waals surface area contributed by atoms with Crippen LogP contribution in [0.4, 0.5) is 34.1 Å². The van der Waals surface area contributed by atoms with Gasteiger partial charge in [0.05, 0.1) is 22.7 Å². The highest BCUT2D eigenvalue weighted by atomic mass is 127. The first-order valence-electron chi connectivity index (χ1n) is 26.5. The molecule has 4 aliphatic carbocycles. The highest BCUT2D eigenvalue weighted by molar-refractivity contribution is 14.1. The number of para-hydroxylation sites is 2. The molecule has 5 heteroatoms.